The van der Waals surface area contributed by atoms with Crippen LogP contribution >= 0.6 is 0 Å². The van der Waals surface area contributed by atoms with Gasteiger partial charge in [-0.05, 0) is 58.0 Å². The van der Waals surface area contributed by atoms with Gasteiger partial charge in [-0.25, -0.2) is 0 Å². The fourth-order valence-electron chi connectivity index (χ4n) is 3.62. The molecule has 2 unspecified atom stereocenters. The van der Waals surface area contributed by atoms with Gasteiger partial charge in [0.15, 0.2) is 0 Å². The molecule has 0 aromatic heterocycles. The molecule has 80 valence electrons. The SMILES string of the molecule is CC(C1CC1)N1CCCC12CCNC2. The van der Waals surface area contributed by atoms with Crippen molar-refractivity contribution in [2.75, 3.05) is 19.6 Å². The van der Waals surface area contributed by atoms with Crippen molar-refractivity contribution < 1.29 is 0 Å². The summed E-state index contributed by atoms with van der Waals surface area (Å²) in [6.07, 6.45) is 7.24. The minimum atomic E-state index is 0.571. The highest BCUT2D eigenvalue weighted by Gasteiger charge is 2.47. The van der Waals surface area contributed by atoms with Crippen LogP contribution in [0.2, 0.25) is 0 Å². The lowest BCUT2D eigenvalue weighted by Crippen LogP contribution is -2.50. The Morgan fingerprint density at radius 1 is 1.36 bits per heavy atom. The van der Waals surface area contributed by atoms with Crippen LogP contribution in [0.25, 0.3) is 0 Å². The number of likely N-dealkylation sites (tertiary alicyclic amines) is 1. The molecule has 2 nitrogen and oxygen atoms in total. The normalized spacial score (nSPS) is 40.9. The fraction of sp³-hybridized carbons (Fsp3) is 1.00. The van der Waals surface area contributed by atoms with E-state index >= 15 is 0 Å². The molecule has 3 rings (SSSR count). The zero-order chi connectivity index (χ0) is 9.60. The summed E-state index contributed by atoms with van der Waals surface area (Å²) < 4.78 is 0. The molecule has 2 saturated heterocycles. The highest BCUT2D eigenvalue weighted by molar-refractivity contribution is 5.05. The van der Waals surface area contributed by atoms with E-state index in [-0.39, 0.29) is 0 Å². The molecule has 1 N–H and O–H groups in total. The molecule has 2 atom stereocenters. The quantitative estimate of drug-likeness (QED) is 0.718. The first-order valence-corrected chi connectivity index (χ1v) is 6.29. The summed E-state index contributed by atoms with van der Waals surface area (Å²) in [7, 11) is 0. The zero-order valence-electron chi connectivity index (χ0n) is 9.26. The summed E-state index contributed by atoms with van der Waals surface area (Å²) >= 11 is 0. The maximum absolute atomic E-state index is 3.56. The van der Waals surface area contributed by atoms with Crippen molar-refractivity contribution >= 4 is 0 Å². The van der Waals surface area contributed by atoms with Crippen LogP contribution in [-0.2, 0) is 0 Å². The first-order valence-electron chi connectivity index (χ1n) is 6.29. The molecule has 2 heterocycles. The van der Waals surface area contributed by atoms with Gasteiger partial charge in [0.05, 0.1) is 0 Å². The van der Waals surface area contributed by atoms with Gasteiger partial charge in [-0.3, -0.25) is 4.90 Å². The van der Waals surface area contributed by atoms with Crippen molar-refractivity contribution in [3.8, 4) is 0 Å². The Hall–Kier alpha value is -0.0800. The van der Waals surface area contributed by atoms with E-state index in [2.05, 4.69) is 17.1 Å². The molecular weight excluding hydrogens is 172 g/mol. The molecule has 0 amide bonds. The van der Waals surface area contributed by atoms with Gasteiger partial charge in [-0.1, -0.05) is 0 Å². The van der Waals surface area contributed by atoms with Gasteiger partial charge in [0.2, 0.25) is 0 Å². The highest BCUT2D eigenvalue weighted by Crippen LogP contribution is 2.43. The van der Waals surface area contributed by atoms with Gasteiger partial charge in [0.1, 0.15) is 0 Å². The lowest BCUT2D eigenvalue weighted by Gasteiger charge is -2.39. The average Bonchev–Trinajstić information content (AvgIpc) is 2.82. The van der Waals surface area contributed by atoms with Crippen LogP contribution in [0.4, 0.5) is 0 Å². The van der Waals surface area contributed by atoms with E-state index in [0.717, 1.165) is 12.0 Å². The smallest absolute Gasteiger partial charge is 0.0349 e. The summed E-state index contributed by atoms with van der Waals surface area (Å²) in [6, 6.07) is 0.859. The van der Waals surface area contributed by atoms with Gasteiger partial charge >= 0.3 is 0 Å². The average molecular weight is 194 g/mol. The largest absolute Gasteiger partial charge is 0.315 e. The number of hydrogen-bond acceptors (Lipinski definition) is 2. The van der Waals surface area contributed by atoms with Crippen molar-refractivity contribution in [3.05, 3.63) is 0 Å². The Bertz CT molecular complexity index is 211. The van der Waals surface area contributed by atoms with Crippen LogP contribution < -0.4 is 5.32 Å². The molecule has 0 radical (unpaired) electrons. The maximum atomic E-state index is 3.56. The first-order chi connectivity index (χ1) is 6.82. The molecule has 2 heteroatoms. The topological polar surface area (TPSA) is 15.3 Å². The van der Waals surface area contributed by atoms with Gasteiger partial charge in [0.25, 0.3) is 0 Å². The number of nitrogens with one attached hydrogen (secondary N) is 1. The van der Waals surface area contributed by atoms with Gasteiger partial charge in [-0.2, -0.15) is 0 Å². The molecule has 14 heavy (non-hydrogen) atoms. The van der Waals surface area contributed by atoms with E-state index in [1.165, 1.54) is 51.7 Å². The second-order valence-electron chi connectivity index (χ2n) is 5.53. The summed E-state index contributed by atoms with van der Waals surface area (Å²) in [5.74, 6) is 1.03. The Balaban J connectivity index is 1.76. The molecular formula is C12H22N2. The van der Waals surface area contributed by atoms with E-state index in [1.54, 1.807) is 0 Å². The standard InChI is InChI=1S/C12H22N2/c1-10(11-3-4-11)14-8-2-5-12(14)6-7-13-9-12/h10-11,13H,2-9H2,1H3. The molecule has 1 saturated carbocycles. The third-order valence-corrected chi connectivity index (χ3v) is 4.67. The van der Waals surface area contributed by atoms with E-state index in [9.17, 15) is 0 Å². The summed E-state index contributed by atoms with van der Waals surface area (Å²) in [4.78, 5) is 2.84. The van der Waals surface area contributed by atoms with Crippen molar-refractivity contribution in [1.29, 1.82) is 0 Å². The van der Waals surface area contributed by atoms with Crippen molar-refractivity contribution in [2.24, 2.45) is 5.92 Å². The Kier molecular flexibility index (Phi) is 2.10. The van der Waals surface area contributed by atoms with E-state index < -0.39 is 0 Å². The van der Waals surface area contributed by atoms with E-state index in [1.807, 2.05) is 0 Å². The van der Waals surface area contributed by atoms with E-state index in [4.69, 9.17) is 0 Å². The van der Waals surface area contributed by atoms with Crippen LogP contribution in [0.15, 0.2) is 0 Å². The second-order valence-corrected chi connectivity index (χ2v) is 5.53. The van der Waals surface area contributed by atoms with Crippen molar-refractivity contribution in [2.45, 2.75) is 50.6 Å². The molecule has 0 bridgehead atoms. The van der Waals surface area contributed by atoms with E-state index in [0.29, 0.717) is 5.54 Å². The molecule has 0 aromatic rings. The Morgan fingerprint density at radius 3 is 2.86 bits per heavy atom. The van der Waals surface area contributed by atoms with Gasteiger partial charge in [-0.15, -0.1) is 0 Å². The van der Waals surface area contributed by atoms with Crippen LogP contribution in [0, 0.1) is 5.92 Å². The van der Waals surface area contributed by atoms with Crippen LogP contribution in [0.5, 0.6) is 0 Å². The van der Waals surface area contributed by atoms with Gasteiger partial charge < -0.3 is 5.32 Å². The van der Waals surface area contributed by atoms with Crippen LogP contribution in [-0.4, -0.2) is 36.1 Å². The maximum Gasteiger partial charge on any atom is 0.0349 e. The minimum Gasteiger partial charge on any atom is -0.315 e. The fourth-order valence-corrected chi connectivity index (χ4v) is 3.62. The molecule has 3 aliphatic rings. The third-order valence-electron chi connectivity index (χ3n) is 4.67. The second kappa shape index (κ2) is 3.21. The van der Waals surface area contributed by atoms with Gasteiger partial charge in [0, 0.05) is 18.1 Å². The minimum absolute atomic E-state index is 0.571. The lowest BCUT2D eigenvalue weighted by molar-refractivity contribution is 0.0976. The predicted molar refractivity (Wildman–Crippen MR) is 58.3 cm³/mol. The Labute approximate surface area is 87.0 Å². The number of rotatable bonds is 2. The van der Waals surface area contributed by atoms with Crippen molar-refractivity contribution in [3.63, 3.8) is 0 Å². The predicted octanol–water partition coefficient (Wildman–Crippen LogP) is 1.61. The van der Waals surface area contributed by atoms with Crippen molar-refractivity contribution in [1.82, 2.24) is 10.2 Å². The number of hydrogen-bond donors (Lipinski definition) is 1. The summed E-state index contributed by atoms with van der Waals surface area (Å²) in [6.45, 7) is 6.32. The van der Waals surface area contributed by atoms with Crippen LogP contribution in [0.3, 0.4) is 0 Å². The lowest BCUT2D eigenvalue weighted by atomic mass is 9.93. The highest BCUT2D eigenvalue weighted by atomic mass is 15.3. The third kappa shape index (κ3) is 1.31. The zero-order valence-corrected chi connectivity index (χ0v) is 9.26. The monoisotopic (exact) mass is 194 g/mol. The molecule has 3 fully saturated rings. The van der Waals surface area contributed by atoms with Crippen LogP contribution in [0.1, 0.15) is 39.0 Å². The molecule has 1 spiro atoms. The molecule has 0 aromatic carbocycles. The summed E-state index contributed by atoms with van der Waals surface area (Å²) in [5, 5.41) is 3.56. The first kappa shape index (κ1) is 9.17. The molecule has 2 aliphatic heterocycles. The molecule has 1 aliphatic carbocycles. The summed E-state index contributed by atoms with van der Waals surface area (Å²) in [5.41, 5.74) is 0.571. The number of nitrogens with zero attached hydrogens (tertiary/aromatic N) is 1. The Morgan fingerprint density at radius 2 is 2.21 bits per heavy atom.